The number of esters is 1. The third-order valence-electron chi connectivity index (χ3n) is 10.4. The van der Waals surface area contributed by atoms with Gasteiger partial charge < -0.3 is 20.1 Å². The second kappa shape index (κ2) is 8.48. The molecular formula is C28H40O8. The number of rotatable bonds is 6. The van der Waals surface area contributed by atoms with Gasteiger partial charge in [0.1, 0.15) is 6.61 Å². The zero-order valence-corrected chi connectivity index (χ0v) is 22.1. The Kier molecular flexibility index (Phi) is 6.36. The largest absolute Gasteiger partial charge is 0.481 e. The topological polar surface area (TPSA) is 138 Å². The molecule has 0 heterocycles. The number of ether oxygens (including phenoxy) is 1. The number of fused-ring (bicyclic) bond motifs is 5. The normalized spacial score (nSPS) is 40.9. The van der Waals surface area contributed by atoms with Crippen LogP contribution >= 0.6 is 0 Å². The highest BCUT2D eigenvalue weighted by molar-refractivity contribution is 6.45. The molecular weight excluding hydrogens is 464 g/mol. The summed E-state index contributed by atoms with van der Waals surface area (Å²) in [6, 6.07) is 0. The number of carbonyl (C=O) groups excluding carboxylic acids is 3. The number of carboxylic acids is 1. The lowest BCUT2D eigenvalue weighted by molar-refractivity contribution is -0.164. The van der Waals surface area contributed by atoms with Gasteiger partial charge in [-0.15, -0.1) is 0 Å². The fourth-order valence-electron chi connectivity index (χ4n) is 8.71. The first kappa shape index (κ1) is 27.0. The van der Waals surface area contributed by atoms with Crippen molar-refractivity contribution in [3.05, 3.63) is 11.6 Å². The Labute approximate surface area is 212 Å². The average Bonchev–Trinajstić information content (AvgIpc) is 2.96. The molecule has 0 bridgehead atoms. The van der Waals surface area contributed by atoms with Crippen LogP contribution in [0.1, 0.15) is 86.0 Å². The lowest BCUT2D eigenvalue weighted by Crippen LogP contribution is -2.59. The van der Waals surface area contributed by atoms with Crippen LogP contribution in [0.4, 0.5) is 0 Å². The molecule has 0 saturated heterocycles. The Morgan fingerprint density at radius 1 is 1.08 bits per heavy atom. The average molecular weight is 505 g/mol. The van der Waals surface area contributed by atoms with Crippen LogP contribution in [-0.4, -0.2) is 56.6 Å². The molecule has 0 aromatic rings. The van der Waals surface area contributed by atoms with Gasteiger partial charge in [-0.25, -0.2) is 0 Å². The maximum Gasteiger partial charge on any atom is 0.309 e. The van der Waals surface area contributed by atoms with Crippen molar-refractivity contribution in [3.8, 4) is 0 Å². The van der Waals surface area contributed by atoms with E-state index in [9.17, 15) is 29.4 Å². The highest BCUT2D eigenvalue weighted by atomic mass is 16.5. The highest BCUT2D eigenvalue weighted by Crippen LogP contribution is 2.72. The van der Waals surface area contributed by atoms with Gasteiger partial charge in [0.25, 0.3) is 0 Å². The Hall–Kier alpha value is -2.06. The summed E-state index contributed by atoms with van der Waals surface area (Å²) in [6.45, 7) is 9.71. The molecule has 4 aliphatic carbocycles. The Morgan fingerprint density at radius 2 is 1.75 bits per heavy atom. The molecule has 4 aliphatic rings. The molecule has 3 N–H and O–H groups in total. The predicted molar refractivity (Wildman–Crippen MR) is 130 cm³/mol. The SMILES string of the molecule is CC1(C)CCC[C@]2(C)[C@@H]1CC[C@]1(C)[C@@H]2C[C@@H]2C(=O)C(=O)C(COC(=O)C[C@@](C)(O)CC(=O)O)=C[C@@]21O. The summed E-state index contributed by atoms with van der Waals surface area (Å²) in [5.41, 5.74) is -3.81. The van der Waals surface area contributed by atoms with Crippen molar-refractivity contribution in [2.45, 2.75) is 97.2 Å². The summed E-state index contributed by atoms with van der Waals surface area (Å²) in [5, 5.41) is 31.1. The maximum absolute atomic E-state index is 13.3. The summed E-state index contributed by atoms with van der Waals surface area (Å²) in [6.07, 6.45) is 5.74. The van der Waals surface area contributed by atoms with Gasteiger partial charge in [-0.1, -0.05) is 34.1 Å². The first-order valence-electron chi connectivity index (χ1n) is 13.1. The van der Waals surface area contributed by atoms with Gasteiger partial charge in [-0.3, -0.25) is 19.2 Å². The van der Waals surface area contributed by atoms with Crippen LogP contribution in [0.2, 0.25) is 0 Å². The van der Waals surface area contributed by atoms with Gasteiger partial charge >= 0.3 is 11.9 Å². The van der Waals surface area contributed by atoms with Gasteiger partial charge in [0.05, 0.1) is 30.0 Å². The number of aliphatic carboxylic acids is 1. The van der Waals surface area contributed by atoms with Crippen LogP contribution < -0.4 is 0 Å². The number of Topliss-reactive ketones (excluding diaryl/α,β-unsaturated/α-hetero) is 2. The van der Waals surface area contributed by atoms with E-state index in [1.165, 1.54) is 13.0 Å². The number of carboxylic acid groups (broad SMARTS) is 1. The molecule has 0 radical (unpaired) electrons. The molecule has 36 heavy (non-hydrogen) atoms. The molecule has 0 aromatic carbocycles. The van der Waals surface area contributed by atoms with E-state index in [0.717, 1.165) is 32.1 Å². The lowest BCUT2D eigenvalue weighted by atomic mass is 9.43. The van der Waals surface area contributed by atoms with Crippen molar-refractivity contribution < 1.29 is 39.2 Å². The van der Waals surface area contributed by atoms with Gasteiger partial charge in [-0.05, 0) is 67.8 Å². The van der Waals surface area contributed by atoms with E-state index in [-0.39, 0.29) is 22.3 Å². The second-order valence-electron chi connectivity index (χ2n) is 13.3. The van der Waals surface area contributed by atoms with Crippen molar-refractivity contribution >= 4 is 23.5 Å². The fraction of sp³-hybridized carbons (Fsp3) is 0.786. The van der Waals surface area contributed by atoms with E-state index in [2.05, 4.69) is 20.8 Å². The molecule has 0 unspecified atom stereocenters. The molecule has 200 valence electrons. The van der Waals surface area contributed by atoms with E-state index in [1.807, 2.05) is 6.92 Å². The predicted octanol–water partition coefficient (Wildman–Crippen LogP) is 3.22. The highest BCUT2D eigenvalue weighted by Gasteiger charge is 2.71. The summed E-state index contributed by atoms with van der Waals surface area (Å²) >= 11 is 0. The van der Waals surface area contributed by atoms with Gasteiger partial charge in [-0.2, -0.15) is 0 Å². The van der Waals surface area contributed by atoms with Crippen molar-refractivity contribution in [2.24, 2.45) is 34.0 Å². The Balaban J connectivity index is 1.59. The van der Waals surface area contributed by atoms with Crippen LogP contribution in [0.5, 0.6) is 0 Å². The lowest BCUT2D eigenvalue weighted by Gasteiger charge is -2.62. The molecule has 8 nitrogen and oxygen atoms in total. The van der Waals surface area contributed by atoms with Crippen molar-refractivity contribution in [1.82, 2.24) is 0 Å². The van der Waals surface area contributed by atoms with Crippen molar-refractivity contribution in [2.75, 3.05) is 6.61 Å². The van der Waals surface area contributed by atoms with E-state index < -0.39 is 65.5 Å². The van der Waals surface area contributed by atoms with E-state index >= 15 is 0 Å². The minimum atomic E-state index is -1.80. The van der Waals surface area contributed by atoms with Gasteiger partial charge in [0, 0.05) is 11.0 Å². The minimum absolute atomic E-state index is 0.0403. The quantitative estimate of drug-likeness (QED) is 0.370. The summed E-state index contributed by atoms with van der Waals surface area (Å²) in [5.74, 6) is -3.77. The van der Waals surface area contributed by atoms with Crippen LogP contribution in [0.3, 0.4) is 0 Å². The number of aliphatic hydroxyl groups is 2. The van der Waals surface area contributed by atoms with E-state index in [1.54, 1.807) is 0 Å². The molecule has 4 rings (SSSR count). The first-order valence-corrected chi connectivity index (χ1v) is 13.1. The maximum atomic E-state index is 13.3. The fourth-order valence-corrected chi connectivity index (χ4v) is 8.71. The smallest absolute Gasteiger partial charge is 0.309 e. The molecule has 7 atom stereocenters. The number of carbonyl (C=O) groups is 4. The Morgan fingerprint density at radius 3 is 2.39 bits per heavy atom. The van der Waals surface area contributed by atoms with Crippen LogP contribution in [-0.2, 0) is 23.9 Å². The van der Waals surface area contributed by atoms with Gasteiger partial charge in [0.15, 0.2) is 0 Å². The van der Waals surface area contributed by atoms with Crippen molar-refractivity contribution in [3.63, 3.8) is 0 Å². The molecule has 0 amide bonds. The third-order valence-corrected chi connectivity index (χ3v) is 10.4. The Bertz CT molecular complexity index is 1020. The molecule has 0 spiro atoms. The number of hydrogen-bond acceptors (Lipinski definition) is 7. The van der Waals surface area contributed by atoms with Crippen LogP contribution in [0, 0.1) is 34.0 Å². The monoisotopic (exact) mass is 504 g/mol. The molecule has 0 aromatic heterocycles. The number of ketones is 2. The molecule has 3 fully saturated rings. The second-order valence-corrected chi connectivity index (χ2v) is 13.3. The summed E-state index contributed by atoms with van der Waals surface area (Å²) in [4.78, 5) is 49.4. The van der Waals surface area contributed by atoms with Crippen LogP contribution in [0.15, 0.2) is 11.6 Å². The van der Waals surface area contributed by atoms with E-state index in [4.69, 9.17) is 9.84 Å². The van der Waals surface area contributed by atoms with Gasteiger partial charge in [0.2, 0.25) is 11.6 Å². The summed E-state index contributed by atoms with van der Waals surface area (Å²) < 4.78 is 5.17. The molecule has 8 heteroatoms. The molecule has 3 saturated carbocycles. The zero-order valence-electron chi connectivity index (χ0n) is 22.1. The number of hydrogen-bond donors (Lipinski definition) is 3. The first-order chi connectivity index (χ1) is 16.5. The zero-order chi connectivity index (χ0) is 26.9. The van der Waals surface area contributed by atoms with Crippen molar-refractivity contribution in [1.29, 1.82) is 0 Å². The van der Waals surface area contributed by atoms with E-state index in [0.29, 0.717) is 12.3 Å². The summed E-state index contributed by atoms with van der Waals surface area (Å²) in [7, 11) is 0. The standard InChI is InChI=1S/C28H40O8/c1-24(2)8-6-9-26(4)18(24)7-10-27(5)19(26)11-17-23(33)22(32)16(12-28(17,27)35)15-36-21(31)14-25(3,34)13-20(29)30/h12,17-19,34-35H,6-11,13-15H2,1-5H3,(H,29,30)/t17-,18-,19-,25+,26-,27-,28-/m1/s1. The minimum Gasteiger partial charge on any atom is -0.481 e. The third kappa shape index (κ3) is 4.05. The molecule has 0 aliphatic heterocycles. The van der Waals surface area contributed by atoms with Crippen LogP contribution in [0.25, 0.3) is 0 Å².